The normalized spacial score (nSPS) is 16.0. The third-order valence-electron chi connectivity index (χ3n) is 3.95. The van der Waals surface area contributed by atoms with Crippen LogP contribution in [-0.4, -0.2) is 54.7 Å². The minimum Gasteiger partial charge on any atom is -0.336 e. The first kappa shape index (κ1) is 18.1. The summed E-state index contributed by atoms with van der Waals surface area (Å²) in [7, 11) is -3.59. The van der Waals surface area contributed by atoms with Crippen LogP contribution >= 0.6 is 23.2 Å². The van der Waals surface area contributed by atoms with Crippen LogP contribution in [0.5, 0.6) is 0 Å². The predicted molar refractivity (Wildman–Crippen MR) is 95.4 cm³/mol. The maximum Gasteiger partial charge on any atom is 0.254 e. The van der Waals surface area contributed by atoms with Crippen LogP contribution in [0.3, 0.4) is 0 Å². The third-order valence-corrected chi connectivity index (χ3v) is 6.32. The van der Waals surface area contributed by atoms with Gasteiger partial charge in [-0.1, -0.05) is 23.2 Å². The number of pyridine rings is 1. The van der Waals surface area contributed by atoms with E-state index in [-0.39, 0.29) is 29.0 Å². The van der Waals surface area contributed by atoms with Crippen LogP contribution in [0.4, 0.5) is 0 Å². The summed E-state index contributed by atoms with van der Waals surface area (Å²) in [5.41, 5.74) is 0.439. The van der Waals surface area contributed by atoms with Gasteiger partial charge in [0.2, 0.25) is 10.0 Å². The molecule has 2 aromatic rings. The number of aromatic nitrogens is 1. The molecule has 1 fully saturated rings. The van der Waals surface area contributed by atoms with Crippen molar-refractivity contribution in [2.24, 2.45) is 0 Å². The van der Waals surface area contributed by atoms with Crippen LogP contribution in [0, 0.1) is 0 Å². The predicted octanol–water partition coefficient (Wildman–Crippen LogP) is 2.54. The number of carbonyl (C=O) groups excluding carboxylic acids is 1. The lowest BCUT2D eigenvalue weighted by Crippen LogP contribution is -2.50. The fraction of sp³-hybridized carbons (Fsp3) is 0.250. The molecule has 25 heavy (non-hydrogen) atoms. The highest BCUT2D eigenvalue weighted by Crippen LogP contribution is 2.20. The van der Waals surface area contributed by atoms with E-state index in [1.54, 1.807) is 23.1 Å². The van der Waals surface area contributed by atoms with Gasteiger partial charge in [-0.25, -0.2) is 13.4 Å². The molecule has 1 aromatic heterocycles. The molecule has 1 aliphatic rings. The Morgan fingerprint density at radius 3 is 2.24 bits per heavy atom. The van der Waals surface area contributed by atoms with E-state index < -0.39 is 10.0 Å². The summed E-state index contributed by atoms with van der Waals surface area (Å²) in [4.78, 5) is 18.1. The van der Waals surface area contributed by atoms with E-state index in [9.17, 15) is 13.2 Å². The molecule has 1 amide bonds. The third kappa shape index (κ3) is 3.95. The number of hydrogen-bond acceptors (Lipinski definition) is 4. The number of carbonyl (C=O) groups is 1. The molecule has 0 aliphatic carbocycles. The highest BCUT2D eigenvalue weighted by atomic mass is 35.5. The zero-order chi connectivity index (χ0) is 18.0. The van der Waals surface area contributed by atoms with Gasteiger partial charge in [0.05, 0.1) is 4.90 Å². The van der Waals surface area contributed by atoms with Crippen LogP contribution in [0.2, 0.25) is 10.2 Å². The summed E-state index contributed by atoms with van der Waals surface area (Å²) >= 11 is 11.6. The molecule has 1 aromatic carbocycles. The van der Waals surface area contributed by atoms with E-state index in [0.29, 0.717) is 23.7 Å². The topological polar surface area (TPSA) is 70.6 Å². The number of hydrogen-bond donors (Lipinski definition) is 0. The van der Waals surface area contributed by atoms with Gasteiger partial charge in [-0.2, -0.15) is 4.31 Å². The Bertz CT molecular complexity index is 880. The SMILES string of the molecule is O=C(c1ccnc(Cl)c1)N1CCN(S(=O)(=O)c2ccc(Cl)cc2)CC1. The Balaban J connectivity index is 1.69. The first-order chi connectivity index (χ1) is 11.9. The van der Waals surface area contributed by atoms with Gasteiger partial charge < -0.3 is 4.90 Å². The largest absolute Gasteiger partial charge is 0.336 e. The van der Waals surface area contributed by atoms with E-state index in [0.717, 1.165) is 0 Å². The summed E-state index contributed by atoms with van der Waals surface area (Å²) in [6, 6.07) is 9.14. The Labute approximate surface area is 156 Å². The van der Waals surface area contributed by atoms with Gasteiger partial charge in [0, 0.05) is 43.0 Å². The van der Waals surface area contributed by atoms with Crippen LogP contribution < -0.4 is 0 Å². The monoisotopic (exact) mass is 399 g/mol. The molecular formula is C16H15Cl2N3O3S. The number of halogens is 2. The highest BCUT2D eigenvalue weighted by molar-refractivity contribution is 7.89. The van der Waals surface area contributed by atoms with Crippen molar-refractivity contribution in [2.75, 3.05) is 26.2 Å². The molecule has 9 heteroatoms. The van der Waals surface area contributed by atoms with E-state index >= 15 is 0 Å². The average molecular weight is 400 g/mol. The van der Waals surface area contributed by atoms with Crippen molar-refractivity contribution in [3.05, 3.63) is 58.3 Å². The Morgan fingerprint density at radius 1 is 1.00 bits per heavy atom. The maximum absolute atomic E-state index is 12.6. The minimum atomic E-state index is -3.59. The average Bonchev–Trinajstić information content (AvgIpc) is 2.61. The molecular weight excluding hydrogens is 385 g/mol. The van der Waals surface area contributed by atoms with Gasteiger partial charge >= 0.3 is 0 Å². The standard InChI is InChI=1S/C16H15Cl2N3O3S/c17-13-1-3-14(4-2-13)25(23,24)21-9-7-20(8-10-21)16(22)12-5-6-19-15(18)11-12/h1-6,11H,7-10H2. The summed E-state index contributed by atoms with van der Waals surface area (Å²) in [6.07, 6.45) is 1.47. The van der Waals surface area contributed by atoms with Gasteiger partial charge in [0.1, 0.15) is 5.15 Å². The number of nitrogens with zero attached hydrogens (tertiary/aromatic N) is 3. The van der Waals surface area contributed by atoms with Gasteiger partial charge in [-0.3, -0.25) is 4.79 Å². The first-order valence-electron chi connectivity index (χ1n) is 7.54. The van der Waals surface area contributed by atoms with Crippen molar-refractivity contribution in [3.8, 4) is 0 Å². The Morgan fingerprint density at radius 2 is 1.64 bits per heavy atom. The van der Waals surface area contributed by atoms with E-state index in [1.807, 2.05) is 0 Å². The van der Waals surface area contributed by atoms with E-state index in [1.165, 1.54) is 28.7 Å². The van der Waals surface area contributed by atoms with Gasteiger partial charge in [-0.05, 0) is 36.4 Å². The van der Waals surface area contributed by atoms with Gasteiger partial charge in [0.25, 0.3) is 5.91 Å². The molecule has 2 heterocycles. The second kappa shape index (κ2) is 7.29. The molecule has 132 valence electrons. The number of benzene rings is 1. The quantitative estimate of drug-likeness (QED) is 0.743. The summed E-state index contributed by atoms with van der Waals surface area (Å²) < 4.78 is 26.7. The second-order valence-corrected chi connectivity index (χ2v) is 8.28. The van der Waals surface area contributed by atoms with E-state index in [4.69, 9.17) is 23.2 Å². The van der Waals surface area contributed by atoms with Crippen LogP contribution in [0.15, 0.2) is 47.5 Å². The molecule has 0 atom stereocenters. The summed E-state index contributed by atoms with van der Waals surface area (Å²) in [6.45, 7) is 1.09. The zero-order valence-electron chi connectivity index (χ0n) is 13.1. The zero-order valence-corrected chi connectivity index (χ0v) is 15.4. The maximum atomic E-state index is 12.6. The van der Waals surface area contributed by atoms with Crippen molar-refractivity contribution >= 4 is 39.1 Å². The van der Waals surface area contributed by atoms with Crippen LogP contribution in [-0.2, 0) is 10.0 Å². The lowest BCUT2D eigenvalue weighted by Gasteiger charge is -2.34. The number of rotatable bonds is 3. The Hall–Kier alpha value is -1.67. The Kier molecular flexibility index (Phi) is 5.29. The highest BCUT2D eigenvalue weighted by Gasteiger charge is 2.30. The van der Waals surface area contributed by atoms with Crippen molar-refractivity contribution in [3.63, 3.8) is 0 Å². The number of piperazine rings is 1. The molecule has 0 radical (unpaired) electrons. The summed E-state index contributed by atoms with van der Waals surface area (Å²) in [5.74, 6) is -0.187. The fourth-order valence-corrected chi connectivity index (χ4v) is 4.33. The molecule has 0 spiro atoms. The first-order valence-corrected chi connectivity index (χ1v) is 9.74. The lowest BCUT2D eigenvalue weighted by molar-refractivity contribution is 0.0698. The summed E-state index contributed by atoms with van der Waals surface area (Å²) in [5, 5.41) is 0.722. The van der Waals surface area contributed by atoms with E-state index in [2.05, 4.69) is 4.98 Å². The van der Waals surface area contributed by atoms with Crippen molar-refractivity contribution in [1.82, 2.24) is 14.2 Å². The molecule has 0 N–H and O–H groups in total. The smallest absolute Gasteiger partial charge is 0.254 e. The van der Waals surface area contributed by atoms with Crippen molar-refractivity contribution in [2.45, 2.75) is 4.90 Å². The lowest BCUT2D eigenvalue weighted by atomic mass is 10.2. The molecule has 1 aliphatic heterocycles. The van der Waals surface area contributed by atoms with Crippen LogP contribution in [0.1, 0.15) is 10.4 Å². The molecule has 0 saturated carbocycles. The molecule has 0 bridgehead atoms. The number of sulfonamides is 1. The van der Waals surface area contributed by atoms with Crippen LogP contribution in [0.25, 0.3) is 0 Å². The number of amides is 1. The minimum absolute atomic E-state index is 0.187. The fourth-order valence-electron chi connectivity index (χ4n) is 2.61. The molecule has 1 saturated heterocycles. The van der Waals surface area contributed by atoms with Gasteiger partial charge in [-0.15, -0.1) is 0 Å². The molecule has 3 rings (SSSR count). The van der Waals surface area contributed by atoms with Crippen molar-refractivity contribution in [1.29, 1.82) is 0 Å². The van der Waals surface area contributed by atoms with Gasteiger partial charge in [0.15, 0.2) is 0 Å². The second-order valence-electron chi connectivity index (χ2n) is 5.52. The molecule has 6 nitrogen and oxygen atoms in total. The van der Waals surface area contributed by atoms with Crippen molar-refractivity contribution < 1.29 is 13.2 Å². The molecule has 0 unspecified atom stereocenters.